The van der Waals surface area contributed by atoms with Crippen LogP contribution in [0.25, 0.3) is 11.1 Å². The number of unbranched alkanes of at least 4 members (excludes halogenated alkanes) is 6. The minimum Gasteiger partial charge on any atom is -0.441 e. The molecule has 0 aliphatic heterocycles. The molecular formula is C19H29NO2. The van der Waals surface area contributed by atoms with Gasteiger partial charge in [-0.2, -0.15) is 0 Å². The predicted molar refractivity (Wildman–Crippen MR) is 92.2 cm³/mol. The predicted octanol–water partition coefficient (Wildman–Crippen LogP) is 5.63. The van der Waals surface area contributed by atoms with Crippen molar-refractivity contribution >= 4 is 17.4 Å². The summed E-state index contributed by atoms with van der Waals surface area (Å²) in [6.07, 6.45) is 11.0. The number of hydrogen-bond acceptors (Lipinski definition) is 3. The number of aromatic nitrogens is 1. The zero-order chi connectivity index (χ0) is 16.2. The first-order valence-corrected chi connectivity index (χ1v) is 8.47. The molecule has 0 atom stereocenters. The Kier molecular flexibility index (Phi) is 9.20. The van der Waals surface area contributed by atoms with E-state index in [4.69, 9.17) is 9.21 Å². The Bertz CT molecular complexity index is 545. The van der Waals surface area contributed by atoms with E-state index in [0.29, 0.717) is 0 Å². The molecule has 1 aromatic heterocycles. The Morgan fingerprint density at radius 2 is 1.73 bits per heavy atom. The molecule has 0 aliphatic rings. The lowest BCUT2D eigenvalue weighted by Crippen LogP contribution is -1.86. The molecule has 0 saturated heterocycles. The number of carbonyl (C=O) groups is 1. The zero-order valence-corrected chi connectivity index (χ0v) is 14.2. The smallest absolute Gasteiger partial charge is 0.195 e. The van der Waals surface area contributed by atoms with Crippen molar-refractivity contribution in [3.63, 3.8) is 0 Å². The van der Waals surface area contributed by atoms with E-state index in [-0.39, 0.29) is 0 Å². The van der Waals surface area contributed by atoms with Crippen molar-refractivity contribution in [2.75, 3.05) is 0 Å². The number of fused-ring (bicyclic) bond motifs is 1. The summed E-state index contributed by atoms with van der Waals surface area (Å²) in [6, 6.07) is 6.18. The van der Waals surface area contributed by atoms with Gasteiger partial charge in [-0.1, -0.05) is 51.5 Å². The molecule has 1 heterocycles. The molecule has 1 aromatic carbocycles. The second-order valence-electron chi connectivity index (χ2n) is 5.69. The van der Waals surface area contributed by atoms with E-state index in [1.54, 1.807) is 0 Å². The fourth-order valence-corrected chi connectivity index (χ4v) is 2.43. The van der Waals surface area contributed by atoms with Gasteiger partial charge in [0.1, 0.15) is 11.8 Å². The quantitative estimate of drug-likeness (QED) is 0.468. The third kappa shape index (κ3) is 6.88. The van der Waals surface area contributed by atoms with Crippen molar-refractivity contribution < 1.29 is 9.21 Å². The average Bonchev–Trinajstić information content (AvgIpc) is 2.89. The first-order valence-electron chi connectivity index (χ1n) is 8.47. The highest BCUT2D eigenvalue weighted by atomic mass is 16.3. The summed E-state index contributed by atoms with van der Waals surface area (Å²) in [5, 5.41) is 0. The van der Waals surface area contributed by atoms with Crippen LogP contribution in [0.15, 0.2) is 22.6 Å². The van der Waals surface area contributed by atoms with Crippen LogP contribution in [-0.4, -0.2) is 11.3 Å². The number of benzene rings is 1. The maximum absolute atomic E-state index is 8.81. The molecule has 122 valence electrons. The maximum atomic E-state index is 8.81. The minimum absolute atomic E-state index is 0.750. The van der Waals surface area contributed by atoms with E-state index in [1.165, 1.54) is 57.4 Å². The van der Waals surface area contributed by atoms with Gasteiger partial charge in [0.2, 0.25) is 0 Å². The van der Waals surface area contributed by atoms with Crippen LogP contribution in [0, 0.1) is 6.92 Å². The number of hydrogen-bond donors (Lipinski definition) is 0. The number of nitrogens with zero attached hydrogens (tertiary/aromatic N) is 1. The first kappa shape index (κ1) is 18.4. The Morgan fingerprint density at radius 1 is 1.09 bits per heavy atom. The molecule has 2 rings (SSSR count). The van der Waals surface area contributed by atoms with E-state index in [2.05, 4.69) is 31.0 Å². The van der Waals surface area contributed by atoms with Crippen LogP contribution >= 0.6 is 0 Å². The summed E-state index contributed by atoms with van der Waals surface area (Å²) in [5.41, 5.74) is 3.16. The molecule has 0 aliphatic carbocycles. The van der Waals surface area contributed by atoms with Crippen LogP contribution in [0.1, 0.15) is 70.2 Å². The fraction of sp³-hybridized carbons (Fsp3) is 0.579. The fourth-order valence-electron chi connectivity index (χ4n) is 2.43. The van der Waals surface area contributed by atoms with Crippen LogP contribution in [0.3, 0.4) is 0 Å². The maximum Gasteiger partial charge on any atom is 0.195 e. The van der Waals surface area contributed by atoms with Gasteiger partial charge in [0, 0.05) is 6.42 Å². The molecule has 0 bridgehead atoms. The van der Waals surface area contributed by atoms with Crippen LogP contribution in [0.4, 0.5) is 0 Å². The Morgan fingerprint density at radius 3 is 2.41 bits per heavy atom. The van der Waals surface area contributed by atoms with Gasteiger partial charge >= 0.3 is 0 Å². The van der Waals surface area contributed by atoms with Crippen molar-refractivity contribution in [2.24, 2.45) is 0 Å². The summed E-state index contributed by atoms with van der Waals surface area (Å²) < 4.78 is 5.76. The second kappa shape index (κ2) is 11.0. The van der Waals surface area contributed by atoms with Crippen molar-refractivity contribution in [1.29, 1.82) is 0 Å². The minimum atomic E-state index is 0.750. The van der Waals surface area contributed by atoms with E-state index in [1.807, 2.05) is 6.07 Å². The third-order valence-corrected chi connectivity index (χ3v) is 3.58. The lowest BCUT2D eigenvalue weighted by Gasteiger charge is -1.99. The topological polar surface area (TPSA) is 43.1 Å². The van der Waals surface area contributed by atoms with E-state index in [0.717, 1.165) is 29.7 Å². The Balaban J connectivity index is 0.000000745. The number of carbonyl (C=O) groups excluding carboxylic acids is 1. The highest BCUT2D eigenvalue weighted by molar-refractivity contribution is 5.73. The van der Waals surface area contributed by atoms with Gasteiger partial charge in [-0.15, -0.1) is 0 Å². The molecule has 22 heavy (non-hydrogen) atoms. The van der Waals surface area contributed by atoms with Gasteiger partial charge in [0.05, 0.1) is 0 Å². The zero-order valence-electron chi connectivity index (χ0n) is 14.2. The summed E-state index contributed by atoms with van der Waals surface area (Å²) in [5.74, 6) is 0.897. The molecule has 0 saturated carbocycles. The van der Waals surface area contributed by atoms with Crippen molar-refractivity contribution in [3.8, 4) is 0 Å². The van der Waals surface area contributed by atoms with E-state index in [9.17, 15) is 0 Å². The molecule has 3 nitrogen and oxygen atoms in total. The monoisotopic (exact) mass is 303 g/mol. The van der Waals surface area contributed by atoms with Gasteiger partial charge < -0.3 is 9.21 Å². The van der Waals surface area contributed by atoms with Crippen LogP contribution in [0.2, 0.25) is 0 Å². The SMILES string of the molecule is CC=O.CCCCCCCCCc1nc2cc(C)ccc2o1. The molecule has 0 amide bonds. The normalized spacial score (nSPS) is 10.3. The molecule has 0 unspecified atom stereocenters. The summed E-state index contributed by atoms with van der Waals surface area (Å²) >= 11 is 0. The summed E-state index contributed by atoms with van der Waals surface area (Å²) in [6.45, 7) is 5.79. The van der Waals surface area contributed by atoms with Crippen molar-refractivity contribution in [3.05, 3.63) is 29.7 Å². The Hall–Kier alpha value is -1.64. The molecular weight excluding hydrogens is 274 g/mol. The highest BCUT2D eigenvalue weighted by Gasteiger charge is 2.05. The number of aryl methyl sites for hydroxylation is 2. The van der Waals surface area contributed by atoms with Crippen molar-refractivity contribution in [2.45, 2.75) is 72.1 Å². The highest BCUT2D eigenvalue weighted by Crippen LogP contribution is 2.18. The van der Waals surface area contributed by atoms with Gasteiger partial charge in [0.15, 0.2) is 11.5 Å². The van der Waals surface area contributed by atoms with Gasteiger partial charge in [-0.05, 0) is 38.0 Å². The molecule has 2 aromatic rings. The molecule has 0 fully saturated rings. The van der Waals surface area contributed by atoms with Gasteiger partial charge in [-0.3, -0.25) is 0 Å². The first-order chi connectivity index (χ1) is 10.7. The van der Waals surface area contributed by atoms with Crippen LogP contribution in [0.5, 0.6) is 0 Å². The van der Waals surface area contributed by atoms with Gasteiger partial charge in [-0.25, -0.2) is 4.98 Å². The number of rotatable bonds is 8. The molecule has 0 N–H and O–H groups in total. The van der Waals surface area contributed by atoms with Crippen LogP contribution in [-0.2, 0) is 11.2 Å². The Labute approximate surface area is 134 Å². The molecule has 0 radical (unpaired) electrons. The van der Waals surface area contributed by atoms with Crippen molar-refractivity contribution in [1.82, 2.24) is 4.98 Å². The van der Waals surface area contributed by atoms with Gasteiger partial charge in [0.25, 0.3) is 0 Å². The average molecular weight is 303 g/mol. The second-order valence-corrected chi connectivity index (χ2v) is 5.69. The summed E-state index contributed by atoms with van der Waals surface area (Å²) in [4.78, 5) is 13.4. The molecule has 3 heteroatoms. The van der Waals surface area contributed by atoms with E-state index < -0.39 is 0 Å². The number of oxazole rings is 1. The standard InChI is InChI=1S/C17H25NO.C2H4O/c1-3-4-5-6-7-8-9-10-17-18-15-13-14(2)11-12-16(15)19-17;1-2-3/h11-13H,3-10H2,1-2H3;2H,1H3. The number of aldehydes is 1. The molecule has 0 spiro atoms. The lowest BCUT2D eigenvalue weighted by molar-refractivity contribution is -0.106. The lowest BCUT2D eigenvalue weighted by atomic mass is 10.1. The largest absolute Gasteiger partial charge is 0.441 e. The third-order valence-electron chi connectivity index (χ3n) is 3.58. The summed E-state index contributed by atoms with van der Waals surface area (Å²) in [7, 11) is 0. The van der Waals surface area contributed by atoms with Crippen LogP contribution < -0.4 is 0 Å². The van der Waals surface area contributed by atoms with E-state index >= 15 is 0 Å².